The molecular formula is C20H16O3. The van der Waals surface area contributed by atoms with Gasteiger partial charge in [-0.15, -0.1) is 0 Å². The predicted molar refractivity (Wildman–Crippen MR) is 86.6 cm³/mol. The Morgan fingerprint density at radius 2 is 1.00 bits per heavy atom. The van der Waals surface area contributed by atoms with E-state index in [9.17, 15) is 0 Å². The van der Waals surface area contributed by atoms with Crippen molar-refractivity contribution < 1.29 is 14.2 Å². The smallest absolute Gasteiger partial charge is 0.210 e. The van der Waals surface area contributed by atoms with Gasteiger partial charge < -0.3 is 14.2 Å². The molecule has 0 saturated carbocycles. The highest BCUT2D eigenvalue weighted by atomic mass is 16.8. The van der Waals surface area contributed by atoms with Crippen LogP contribution in [0.1, 0.15) is 11.1 Å². The highest BCUT2D eigenvalue weighted by Gasteiger charge is 2.55. The Balaban J connectivity index is 1.54. The average molecular weight is 304 g/mol. The first-order chi connectivity index (χ1) is 11.4. The largest absolute Gasteiger partial charge is 0.471 e. The summed E-state index contributed by atoms with van der Waals surface area (Å²) in [5.41, 5.74) is 4.75. The normalized spacial score (nSPS) is 30.8. The molecule has 3 heteroatoms. The van der Waals surface area contributed by atoms with Gasteiger partial charge in [0.2, 0.25) is 12.6 Å². The van der Waals surface area contributed by atoms with Crippen LogP contribution >= 0.6 is 0 Å². The Hall–Kier alpha value is -2.52. The summed E-state index contributed by atoms with van der Waals surface area (Å²) in [6.45, 7) is 0. The summed E-state index contributed by atoms with van der Waals surface area (Å²) in [5.74, 6) is 0.327. The third-order valence-corrected chi connectivity index (χ3v) is 4.83. The Bertz CT molecular complexity index is 712. The van der Waals surface area contributed by atoms with Gasteiger partial charge in [-0.2, -0.15) is 0 Å². The molecule has 3 aliphatic rings. The summed E-state index contributed by atoms with van der Waals surface area (Å²) in [6.07, 6.45) is 3.18. The minimum absolute atomic E-state index is 0.163. The number of hydrogen-bond donors (Lipinski definition) is 0. The van der Waals surface area contributed by atoms with Gasteiger partial charge in [-0.05, 0) is 11.1 Å². The van der Waals surface area contributed by atoms with Crippen molar-refractivity contribution in [1.29, 1.82) is 0 Å². The lowest BCUT2D eigenvalue weighted by atomic mass is 9.79. The quantitative estimate of drug-likeness (QED) is 0.838. The molecule has 0 radical (unpaired) electrons. The molecule has 0 aromatic heterocycles. The Kier molecular flexibility index (Phi) is 2.82. The van der Waals surface area contributed by atoms with E-state index >= 15 is 0 Å². The van der Waals surface area contributed by atoms with E-state index < -0.39 is 0 Å². The van der Waals surface area contributed by atoms with E-state index in [1.165, 1.54) is 22.3 Å². The molecule has 114 valence electrons. The molecule has 0 bridgehead atoms. The fraction of sp³-hybridized carbons (Fsp3) is 0.200. The van der Waals surface area contributed by atoms with Gasteiger partial charge in [-0.3, -0.25) is 0 Å². The van der Waals surface area contributed by atoms with Crippen LogP contribution in [0.15, 0.2) is 73.2 Å². The van der Waals surface area contributed by atoms with Crippen LogP contribution in [0.5, 0.6) is 0 Å². The van der Waals surface area contributed by atoms with Crippen molar-refractivity contribution >= 4 is 11.1 Å². The third-order valence-electron chi connectivity index (χ3n) is 4.83. The van der Waals surface area contributed by atoms with Crippen LogP contribution in [-0.4, -0.2) is 12.6 Å². The molecule has 3 nitrogen and oxygen atoms in total. The summed E-state index contributed by atoms with van der Waals surface area (Å²) in [7, 11) is 0. The molecule has 5 rings (SSSR count). The van der Waals surface area contributed by atoms with E-state index in [4.69, 9.17) is 14.2 Å². The summed E-state index contributed by atoms with van der Waals surface area (Å²) < 4.78 is 17.5. The first-order valence-electron chi connectivity index (χ1n) is 7.89. The number of hydrogen-bond acceptors (Lipinski definition) is 3. The van der Waals surface area contributed by atoms with Crippen LogP contribution in [0.2, 0.25) is 0 Å². The highest BCUT2D eigenvalue weighted by molar-refractivity contribution is 5.76. The monoisotopic (exact) mass is 304 g/mol. The molecule has 3 aliphatic heterocycles. The van der Waals surface area contributed by atoms with Crippen LogP contribution in [-0.2, 0) is 14.2 Å². The van der Waals surface area contributed by atoms with Crippen molar-refractivity contribution in [3.8, 4) is 0 Å². The molecule has 0 spiro atoms. The molecule has 23 heavy (non-hydrogen) atoms. The maximum absolute atomic E-state index is 5.96. The Morgan fingerprint density at radius 3 is 1.43 bits per heavy atom. The van der Waals surface area contributed by atoms with Gasteiger partial charge in [-0.1, -0.05) is 60.7 Å². The van der Waals surface area contributed by atoms with Gasteiger partial charge in [0.25, 0.3) is 0 Å². The van der Waals surface area contributed by atoms with Gasteiger partial charge >= 0.3 is 0 Å². The molecule has 1 saturated heterocycles. The second kappa shape index (κ2) is 5.00. The van der Waals surface area contributed by atoms with E-state index in [1.807, 2.05) is 24.7 Å². The van der Waals surface area contributed by atoms with E-state index in [1.54, 1.807) is 0 Å². The number of benzene rings is 2. The van der Waals surface area contributed by atoms with Crippen molar-refractivity contribution in [2.75, 3.05) is 0 Å². The molecule has 0 aliphatic carbocycles. The first-order valence-corrected chi connectivity index (χ1v) is 7.89. The third kappa shape index (κ3) is 1.93. The summed E-state index contributed by atoms with van der Waals surface area (Å²) in [6, 6.07) is 20.7. The second-order valence-electron chi connectivity index (χ2n) is 6.08. The maximum Gasteiger partial charge on any atom is 0.210 e. The fourth-order valence-electron chi connectivity index (χ4n) is 3.77. The average Bonchev–Trinajstić information content (AvgIpc) is 3.27. The zero-order chi connectivity index (χ0) is 15.2. The molecule has 3 heterocycles. The zero-order valence-electron chi connectivity index (χ0n) is 12.5. The first kappa shape index (κ1) is 13.0. The van der Waals surface area contributed by atoms with Gasteiger partial charge in [-0.25, -0.2) is 0 Å². The summed E-state index contributed by atoms with van der Waals surface area (Å²) in [4.78, 5) is 0. The van der Waals surface area contributed by atoms with Crippen LogP contribution in [0.4, 0.5) is 0 Å². The molecule has 2 aromatic rings. The van der Waals surface area contributed by atoms with Crippen molar-refractivity contribution in [2.45, 2.75) is 12.6 Å². The van der Waals surface area contributed by atoms with Crippen LogP contribution in [0.25, 0.3) is 11.1 Å². The summed E-state index contributed by atoms with van der Waals surface area (Å²) in [5, 5.41) is 0. The van der Waals surface area contributed by atoms with Crippen molar-refractivity contribution in [3.05, 3.63) is 84.3 Å². The standard InChI is InChI=1S/C20H16O3/c1-3-7-13(8-4-1)15-11-21-19-17(15)18-16(12-22-20(18)23-19)14-9-5-2-6-10-14/h1-12,17-20H/t17-,18-,19+,20+/m0/s1. The van der Waals surface area contributed by atoms with Crippen molar-refractivity contribution in [1.82, 2.24) is 0 Å². The van der Waals surface area contributed by atoms with E-state index in [-0.39, 0.29) is 24.4 Å². The topological polar surface area (TPSA) is 27.7 Å². The van der Waals surface area contributed by atoms with Gasteiger partial charge in [0, 0.05) is 11.1 Å². The van der Waals surface area contributed by atoms with Crippen LogP contribution in [0.3, 0.4) is 0 Å². The highest BCUT2D eigenvalue weighted by Crippen LogP contribution is 2.53. The lowest BCUT2D eigenvalue weighted by Gasteiger charge is -2.19. The number of rotatable bonds is 2. The van der Waals surface area contributed by atoms with Crippen molar-refractivity contribution in [3.63, 3.8) is 0 Å². The fourth-order valence-corrected chi connectivity index (χ4v) is 3.77. The van der Waals surface area contributed by atoms with E-state index in [2.05, 4.69) is 48.5 Å². The summed E-state index contributed by atoms with van der Waals surface area (Å²) >= 11 is 0. The molecule has 0 N–H and O–H groups in total. The van der Waals surface area contributed by atoms with Crippen LogP contribution in [0, 0.1) is 11.8 Å². The van der Waals surface area contributed by atoms with Gasteiger partial charge in [0.05, 0.1) is 24.4 Å². The second-order valence-corrected chi connectivity index (χ2v) is 6.08. The minimum Gasteiger partial charge on any atom is -0.471 e. The SMILES string of the molecule is C1=C(c2ccccc2)[C@@H]2[C@H](O1)O[C@H]1OC=C(c3ccccc3)[C@H]12. The van der Waals surface area contributed by atoms with E-state index in [0.717, 1.165) is 0 Å². The zero-order valence-corrected chi connectivity index (χ0v) is 12.5. The Morgan fingerprint density at radius 1 is 0.565 bits per heavy atom. The van der Waals surface area contributed by atoms with Crippen LogP contribution < -0.4 is 0 Å². The molecule has 4 atom stereocenters. The molecule has 1 fully saturated rings. The number of ether oxygens (including phenoxy) is 3. The minimum atomic E-state index is -0.257. The Labute approximate surface area is 134 Å². The lowest BCUT2D eigenvalue weighted by molar-refractivity contribution is -0.166. The van der Waals surface area contributed by atoms with Crippen molar-refractivity contribution in [2.24, 2.45) is 11.8 Å². The molecule has 0 unspecified atom stereocenters. The van der Waals surface area contributed by atoms with Gasteiger partial charge in [0.1, 0.15) is 0 Å². The molecule has 0 amide bonds. The number of fused-ring (bicyclic) bond motifs is 3. The van der Waals surface area contributed by atoms with E-state index in [0.29, 0.717) is 0 Å². The molecular weight excluding hydrogens is 288 g/mol. The lowest BCUT2D eigenvalue weighted by Crippen LogP contribution is -2.20. The maximum atomic E-state index is 5.96. The predicted octanol–water partition coefficient (Wildman–Crippen LogP) is 4.04. The molecule has 2 aromatic carbocycles. The van der Waals surface area contributed by atoms with Gasteiger partial charge in [0.15, 0.2) is 0 Å².